The minimum atomic E-state index is 0.448. The first-order valence-corrected chi connectivity index (χ1v) is 5.56. The molecule has 16 heavy (non-hydrogen) atoms. The standard InChI is InChI=1S/C12H14N4/c13-10-3-1-2-9(8-10)11-4-5-12(11)16-7-6-14-15-16/h1-3,6-8,11-12H,4-5,13H2/t11-,12+/m0/s1. The Kier molecular flexibility index (Phi) is 2.13. The number of aromatic nitrogens is 3. The van der Waals surface area contributed by atoms with Crippen molar-refractivity contribution in [3.8, 4) is 0 Å². The summed E-state index contributed by atoms with van der Waals surface area (Å²) in [5.41, 5.74) is 7.95. The van der Waals surface area contributed by atoms with Crippen LogP contribution in [0.25, 0.3) is 0 Å². The molecule has 0 bridgehead atoms. The third-order valence-electron chi connectivity index (χ3n) is 3.36. The Labute approximate surface area is 94.1 Å². The molecular weight excluding hydrogens is 200 g/mol. The molecule has 1 saturated carbocycles. The van der Waals surface area contributed by atoms with E-state index >= 15 is 0 Å². The molecule has 3 rings (SSSR count). The predicted octanol–water partition coefficient (Wildman–Crippen LogP) is 1.98. The molecule has 1 aromatic heterocycles. The zero-order valence-corrected chi connectivity index (χ0v) is 8.95. The van der Waals surface area contributed by atoms with E-state index < -0.39 is 0 Å². The van der Waals surface area contributed by atoms with Crippen molar-refractivity contribution in [1.29, 1.82) is 0 Å². The van der Waals surface area contributed by atoms with Gasteiger partial charge in [-0.15, -0.1) is 5.10 Å². The SMILES string of the molecule is Nc1cccc([C@@H]2CC[C@H]2n2ccnn2)c1. The van der Waals surface area contributed by atoms with Crippen LogP contribution >= 0.6 is 0 Å². The van der Waals surface area contributed by atoms with Crippen molar-refractivity contribution >= 4 is 5.69 Å². The lowest BCUT2D eigenvalue weighted by Gasteiger charge is -2.36. The largest absolute Gasteiger partial charge is 0.399 e. The fourth-order valence-corrected chi connectivity index (χ4v) is 2.37. The van der Waals surface area contributed by atoms with Crippen LogP contribution in [0, 0.1) is 0 Å². The molecule has 0 saturated heterocycles. The number of hydrogen-bond donors (Lipinski definition) is 1. The molecule has 4 heteroatoms. The summed E-state index contributed by atoms with van der Waals surface area (Å²) in [6.45, 7) is 0. The number of rotatable bonds is 2. The first-order valence-electron chi connectivity index (χ1n) is 5.56. The maximum Gasteiger partial charge on any atom is 0.0693 e. The van der Waals surface area contributed by atoms with Crippen molar-refractivity contribution in [3.63, 3.8) is 0 Å². The average molecular weight is 214 g/mol. The van der Waals surface area contributed by atoms with Crippen molar-refractivity contribution in [1.82, 2.24) is 15.0 Å². The average Bonchev–Trinajstić information content (AvgIpc) is 2.69. The molecule has 1 fully saturated rings. The van der Waals surface area contributed by atoms with E-state index in [-0.39, 0.29) is 0 Å². The van der Waals surface area contributed by atoms with E-state index in [2.05, 4.69) is 22.4 Å². The Morgan fingerprint density at radius 2 is 2.25 bits per heavy atom. The van der Waals surface area contributed by atoms with Gasteiger partial charge < -0.3 is 5.73 Å². The Bertz CT molecular complexity index is 478. The molecule has 82 valence electrons. The number of anilines is 1. The highest BCUT2D eigenvalue weighted by Gasteiger charge is 2.34. The van der Waals surface area contributed by atoms with Crippen molar-refractivity contribution in [2.45, 2.75) is 24.8 Å². The van der Waals surface area contributed by atoms with Gasteiger partial charge in [0.25, 0.3) is 0 Å². The summed E-state index contributed by atoms with van der Waals surface area (Å²) in [5.74, 6) is 0.533. The summed E-state index contributed by atoms with van der Waals surface area (Å²) in [6, 6.07) is 8.59. The molecule has 1 heterocycles. The Morgan fingerprint density at radius 3 is 2.88 bits per heavy atom. The topological polar surface area (TPSA) is 56.7 Å². The van der Waals surface area contributed by atoms with E-state index in [0.29, 0.717) is 12.0 Å². The molecule has 0 radical (unpaired) electrons. The monoisotopic (exact) mass is 214 g/mol. The van der Waals surface area contributed by atoms with Gasteiger partial charge in [-0.25, -0.2) is 4.68 Å². The highest BCUT2D eigenvalue weighted by atomic mass is 15.4. The van der Waals surface area contributed by atoms with Crippen LogP contribution in [0.15, 0.2) is 36.7 Å². The smallest absolute Gasteiger partial charge is 0.0693 e. The first-order chi connectivity index (χ1) is 7.84. The summed E-state index contributed by atoms with van der Waals surface area (Å²) >= 11 is 0. The predicted molar refractivity (Wildman–Crippen MR) is 61.9 cm³/mol. The zero-order chi connectivity index (χ0) is 11.0. The third kappa shape index (κ3) is 1.46. The number of nitrogens with two attached hydrogens (primary N) is 1. The second-order valence-electron chi connectivity index (χ2n) is 4.30. The second kappa shape index (κ2) is 3.63. The van der Waals surface area contributed by atoms with Crippen LogP contribution in [-0.2, 0) is 0 Å². The fourth-order valence-electron chi connectivity index (χ4n) is 2.37. The lowest BCUT2D eigenvalue weighted by molar-refractivity contribution is 0.233. The van der Waals surface area contributed by atoms with Crippen LogP contribution < -0.4 is 5.73 Å². The van der Waals surface area contributed by atoms with E-state index in [1.165, 1.54) is 18.4 Å². The van der Waals surface area contributed by atoms with Gasteiger partial charge in [-0.3, -0.25) is 0 Å². The minimum absolute atomic E-state index is 0.448. The maximum atomic E-state index is 5.80. The third-order valence-corrected chi connectivity index (χ3v) is 3.36. The summed E-state index contributed by atoms with van der Waals surface area (Å²) in [7, 11) is 0. The lowest BCUT2D eigenvalue weighted by Crippen LogP contribution is -2.27. The summed E-state index contributed by atoms with van der Waals surface area (Å²) in [5, 5.41) is 7.93. The molecule has 0 spiro atoms. The van der Waals surface area contributed by atoms with Crippen molar-refractivity contribution < 1.29 is 0 Å². The Balaban J connectivity index is 1.86. The van der Waals surface area contributed by atoms with Crippen LogP contribution in [0.1, 0.15) is 30.4 Å². The molecule has 2 atom stereocenters. The molecule has 2 aromatic rings. The molecule has 0 unspecified atom stereocenters. The molecule has 0 amide bonds. The fraction of sp³-hybridized carbons (Fsp3) is 0.333. The van der Waals surface area contributed by atoms with Gasteiger partial charge in [0.15, 0.2) is 0 Å². The van der Waals surface area contributed by atoms with Gasteiger partial charge in [-0.1, -0.05) is 17.3 Å². The van der Waals surface area contributed by atoms with E-state index in [1.807, 2.05) is 23.0 Å². The van der Waals surface area contributed by atoms with Crippen LogP contribution in [0.5, 0.6) is 0 Å². The minimum Gasteiger partial charge on any atom is -0.399 e. The number of nitrogens with zero attached hydrogens (tertiary/aromatic N) is 3. The number of hydrogen-bond acceptors (Lipinski definition) is 3. The summed E-state index contributed by atoms with van der Waals surface area (Å²) < 4.78 is 1.96. The highest BCUT2D eigenvalue weighted by molar-refractivity contribution is 5.42. The number of nitrogen functional groups attached to an aromatic ring is 1. The Hall–Kier alpha value is -1.84. The van der Waals surface area contributed by atoms with Crippen LogP contribution in [0.2, 0.25) is 0 Å². The van der Waals surface area contributed by atoms with Gasteiger partial charge in [-0.2, -0.15) is 0 Å². The van der Waals surface area contributed by atoms with Gasteiger partial charge in [0.1, 0.15) is 0 Å². The second-order valence-corrected chi connectivity index (χ2v) is 4.30. The van der Waals surface area contributed by atoms with Crippen LogP contribution in [-0.4, -0.2) is 15.0 Å². The first kappa shape index (κ1) is 9.39. The van der Waals surface area contributed by atoms with Gasteiger partial charge in [0, 0.05) is 17.8 Å². The summed E-state index contributed by atoms with van der Waals surface area (Å²) in [4.78, 5) is 0. The number of benzene rings is 1. The van der Waals surface area contributed by atoms with E-state index in [4.69, 9.17) is 5.73 Å². The lowest BCUT2D eigenvalue weighted by atomic mass is 9.75. The van der Waals surface area contributed by atoms with Crippen LogP contribution in [0.4, 0.5) is 5.69 Å². The molecular formula is C12H14N4. The molecule has 0 aliphatic heterocycles. The molecule has 1 aliphatic carbocycles. The molecule has 2 N–H and O–H groups in total. The van der Waals surface area contributed by atoms with E-state index in [1.54, 1.807) is 6.20 Å². The van der Waals surface area contributed by atoms with E-state index in [0.717, 1.165) is 5.69 Å². The maximum absolute atomic E-state index is 5.80. The van der Waals surface area contributed by atoms with Gasteiger partial charge >= 0.3 is 0 Å². The molecule has 4 nitrogen and oxygen atoms in total. The van der Waals surface area contributed by atoms with Crippen molar-refractivity contribution in [3.05, 3.63) is 42.2 Å². The molecule has 1 aromatic carbocycles. The van der Waals surface area contributed by atoms with Crippen molar-refractivity contribution in [2.75, 3.05) is 5.73 Å². The van der Waals surface area contributed by atoms with Gasteiger partial charge in [0.2, 0.25) is 0 Å². The van der Waals surface area contributed by atoms with Crippen molar-refractivity contribution in [2.24, 2.45) is 0 Å². The summed E-state index contributed by atoms with van der Waals surface area (Å²) in [6.07, 6.45) is 6.04. The quantitative estimate of drug-likeness (QED) is 0.778. The van der Waals surface area contributed by atoms with Gasteiger partial charge in [0.05, 0.1) is 12.2 Å². The van der Waals surface area contributed by atoms with E-state index in [9.17, 15) is 0 Å². The molecule has 1 aliphatic rings. The van der Waals surface area contributed by atoms with Crippen LogP contribution in [0.3, 0.4) is 0 Å². The normalized spacial score (nSPS) is 24.0. The Morgan fingerprint density at radius 1 is 1.31 bits per heavy atom. The zero-order valence-electron chi connectivity index (χ0n) is 8.95. The van der Waals surface area contributed by atoms with Gasteiger partial charge in [-0.05, 0) is 30.5 Å². The highest BCUT2D eigenvalue weighted by Crippen LogP contribution is 2.45.